The molecule has 1 aliphatic rings. The van der Waals surface area contributed by atoms with Gasteiger partial charge in [-0.25, -0.2) is 0 Å². The van der Waals surface area contributed by atoms with Crippen molar-refractivity contribution in [1.82, 2.24) is 0 Å². The Kier molecular flexibility index (Phi) is 6.78. The molecule has 1 aliphatic carbocycles. The zero-order chi connectivity index (χ0) is 13.3. The van der Waals surface area contributed by atoms with E-state index in [-0.39, 0.29) is 0 Å². The smallest absolute Gasteiger partial charge is 0.0406 e. The van der Waals surface area contributed by atoms with E-state index in [9.17, 15) is 0 Å². The molecule has 2 rings (SSSR count). The van der Waals surface area contributed by atoms with Crippen LogP contribution in [0, 0.1) is 0 Å². The molecule has 106 valence electrons. The SMILES string of the molecule is Clc1ccc(C2CCCCCCCCCCC2)cc1. The molecule has 19 heavy (non-hydrogen) atoms. The second kappa shape index (κ2) is 8.64. The number of hydrogen-bond acceptors (Lipinski definition) is 0. The van der Waals surface area contributed by atoms with Gasteiger partial charge in [-0.1, -0.05) is 81.5 Å². The van der Waals surface area contributed by atoms with Gasteiger partial charge in [-0.15, -0.1) is 0 Å². The van der Waals surface area contributed by atoms with Gasteiger partial charge in [0, 0.05) is 5.02 Å². The van der Waals surface area contributed by atoms with Gasteiger partial charge in [-0.2, -0.15) is 0 Å². The fraction of sp³-hybridized carbons (Fsp3) is 0.667. The topological polar surface area (TPSA) is 0 Å². The monoisotopic (exact) mass is 278 g/mol. The number of rotatable bonds is 1. The minimum atomic E-state index is 0.761. The predicted molar refractivity (Wildman–Crippen MR) is 85.0 cm³/mol. The molecule has 1 heteroatoms. The first kappa shape index (κ1) is 14.9. The third-order valence-corrected chi connectivity index (χ3v) is 4.70. The molecule has 1 fully saturated rings. The summed E-state index contributed by atoms with van der Waals surface area (Å²) < 4.78 is 0. The van der Waals surface area contributed by atoms with Crippen LogP contribution in [-0.4, -0.2) is 0 Å². The van der Waals surface area contributed by atoms with E-state index in [1.54, 1.807) is 0 Å². The summed E-state index contributed by atoms with van der Waals surface area (Å²) in [7, 11) is 0. The number of halogens is 1. The third kappa shape index (κ3) is 5.57. The van der Waals surface area contributed by atoms with E-state index in [2.05, 4.69) is 12.1 Å². The summed E-state index contributed by atoms with van der Waals surface area (Å²) in [5.41, 5.74) is 1.50. The maximum absolute atomic E-state index is 6.00. The molecule has 0 amide bonds. The van der Waals surface area contributed by atoms with Crippen LogP contribution in [0.25, 0.3) is 0 Å². The Labute approximate surface area is 123 Å². The summed E-state index contributed by atoms with van der Waals surface area (Å²) in [5, 5.41) is 0.858. The highest BCUT2D eigenvalue weighted by Gasteiger charge is 2.11. The molecule has 0 radical (unpaired) electrons. The van der Waals surface area contributed by atoms with Gasteiger partial charge in [0.2, 0.25) is 0 Å². The van der Waals surface area contributed by atoms with Crippen LogP contribution in [0.5, 0.6) is 0 Å². The van der Waals surface area contributed by atoms with E-state index in [1.165, 1.54) is 76.2 Å². The molecule has 0 unspecified atom stereocenters. The molecule has 0 aromatic heterocycles. The quantitative estimate of drug-likeness (QED) is 0.534. The zero-order valence-corrected chi connectivity index (χ0v) is 12.8. The summed E-state index contributed by atoms with van der Waals surface area (Å²) >= 11 is 6.00. The molecule has 0 aliphatic heterocycles. The molecular formula is C18H27Cl. The molecule has 0 bridgehead atoms. The molecule has 0 nitrogen and oxygen atoms in total. The first-order valence-corrected chi connectivity index (χ1v) is 8.49. The lowest BCUT2D eigenvalue weighted by Gasteiger charge is -2.18. The summed E-state index contributed by atoms with van der Waals surface area (Å²) in [5.74, 6) is 0.761. The standard InChI is InChI=1S/C18H27Cl/c19-18-14-12-17(13-15-18)16-10-8-6-4-2-1-3-5-7-9-11-16/h12-16H,1-11H2. The highest BCUT2D eigenvalue weighted by atomic mass is 35.5. The maximum atomic E-state index is 6.00. The average Bonchev–Trinajstić information content (AvgIpc) is 2.41. The lowest BCUT2D eigenvalue weighted by molar-refractivity contribution is 0.467. The molecule has 1 saturated carbocycles. The van der Waals surface area contributed by atoms with Crippen molar-refractivity contribution in [3.63, 3.8) is 0 Å². The van der Waals surface area contributed by atoms with E-state index in [0.717, 1.165) is 10.9 Å². The van der Waals surface area contributed by atoms with Crippen LogP contribution in [0.4, 0.5) is 0 Å². The van der Waals surface area contributed by atoms with Crippen LogP contribution < -0.4 is 0 Å². The minimum absolute atomic E-state index is 0.761. The highest BCUT2D eigenvalue weighted by molar-refractivity contribution is 6.30. The van der Waals surface area contributed by atoms with Crippen molar-refractivity contribution in [2.45, 2.75) is 76.5 Å². The summed E-state index contributed by atoms with van der Waals surface area (Å²) in [6.07, 6.45) is 15.6. The van der Waals surface area contributed by atoms with E-state index in [1.807, 2.05) is 12.1 Å². The number of benzene rings is 1. The minimum Gasteiger partial charge on any atom is -0.0843 e. The van der Waals surface area contributed by atoms with Crippen molar-refractivity contribution >= 4 is 11.6 Å². The van der Waals surface area contributed by atoms with Gasteiger partial charge in [-0.05, 0) is 36.5 Å². The van der Waals surface area contributed by atoms with Crippen molar-refractivity contribution < 1.29 is 0 Å². The predicted octanol–water partition coefficient (Wildman–Crippen LogP) is 6.73. The molecular weight excluding hydrogens is 252 g/mol. The molecule has 1 aromatic rings. The Bertz CT molecular complexity index is 329. The number of hydrogen-bond donors (Lipinski definition) is 0. The van der Waals surface area contributed by atoms with E-state index < -0.39 is 0 Å². The lowest BCUT2D eigenvalue weighted by atomic mass is 9.87. The molecule has 1 aromatic carbocycles. The van der Waals surface area contributed by atoms with E-state index >= 15 is 0 Å². The van der Waals surface area contributed by atoms with Gasteiger partial charge in [-0.3, -0.25) is 0 Å². The molecule has 0 saturated heterocycles. The van der Waals surface area contributed by atoms with Crippen LogP contribution in [0.1, 0.15) is 82.1 Å². The van der Waals surface area contributed by atoms with Crippen LogP contribution in [0.2, 0.25) is 5.02 Å². The summed E-state index contributed by atoms with van der Waals surface area (Å²) in [6.45, 7) is 0. The van der Waals surface area contributed by atoms with Gasteiger partial charge in [0.25, 0.3) is 0 Å². The van der Waals surface area contributed by atoms with Crippen molar-refractivity contribution in [3.8, 4) is 0 Å². The zero-order valence-electron chi connectivity index (χ0n) is 12.0. The van der Waals surface area contributed by atoms with Gasteiger partial charge in [0.05, 0.1) is 0 Å². The highest BCUT2D eigenvalue weighted by Crippen LogP contribution is 2.30. The van der Waals surface area contributed by atoms with E-state index in [4.69, 9.17) is 11.6 Å². The van der Waals surface area contributed by atoms with Gasteiger partial charge < -0.3 is 0 Å². The Hall–Kier alpha value is -0.490. The van der Waals surface area contributed by atoms with Crippen LogP contribution in [0.3, 0.4) is 0 Å². The third-order valence-electron chi connectivity index (χ3n) is 4.45. The normalized spacial score (nSPS) is 20.5. The van der Waals surface area contributed by atoms with Crippen molar-refractivity contribution in [3.05, 3.63) is 34.9 Å². The fourth-order valence-electron chi connectivity index (χ4n) is 3.23. The van der Waals surface area contributed by atoms with Crippen molar-refractivity contribution in [2.24, 2.45) is 0 Å². The summed E-state index contributed by atoms with van der Waals surface area (Å²) in [4.78, 5) is 0. The Morgan fingerprint density at radius 2 is 1.05 bits per heavy atom. The van der Waals surface area contributed by atoms with Crippen molar-refractivity contribution in [2.75, 3.05) is 0 Å². The molecule has 0 N–H and O–H groups in total. The van der Waals surface area contributed by atoms with E-state index in [0.29, 0.717) is 0 Å². The lowest BCUT2D eigenvalue weighted by Crippen LogP contribution is -2.00. The Morgan fingerprint density at radius 3 is 1.53 bits per heavy atom. The Balaban J connectivity index is 1.92. The molecule has 0 spiro atoms. The average molecular weight is 279 g/mol. The summed E-state index contributed by atoms with van der Waals surface area (Å²) in [6, 6.07) is 8.57. The second-order valence-electron chi connectivity index (χ2n) is 6.01. The van der Waals surface area contributed by atoms with Crippen LogP contribution in [-0.2, 0) is 0 Å². The first-order chi connectivity index (χ1) is 9.36. The Morgan fingerprint density at radius 1 is 0.632 bits per heavy atom. The van der Waals surface area contributed by atoms with Crippen LogP contribution >= 0.6 is 11.6 Å². The van der Waals surface area contributed by atoms with Crippen molar-refractivity contribution in [1.29, 1.82) is 0 Å². The second-order valence-corrected chi connectivity index (χ2v) is 6.44. The fourth-order valence-corrected chi connectivity index (χ4v) is 3.36. The van der Waals surface area contributed by atoms with Gasteiger partial charge in [0.15, 0.2) is 0 Å². The first-order valence-electron chi connectivity index (χ1n) is 8.12. The maximum Gasteiger partial charge on any atom is 0.0406 e. The molecule has 0 heterocycles. The van der Waals surface area contributed by atoms with Crippen LogP contribution in [0.15, 0.2) is 24.3 Å². The van der Waals surface area contributed by atoms with Gasteiger partial charge >= 0.3 is 0 Å². The van der Waals surface area contributed by atoms with Gasteiger partial charge in [0.1, 0.15) is 0 Å². The largest absolute Gasteiger partial charge is 0.0843 e. The molecule has 0 atom stereocenters.